The summed E-state index contributed by atoms with van der Waals surface area (Å²) >= 11 is 0. The molecular weight excluding hydrogens is 391 g/mol. The van der Waals surface area contributed by atoms with Crippen molar-refractivity contribution in [1.82, 2.24) is 0 Å². The third kappa shape index (κ3) is 5.34. The molecule has 31 heavy (non-hydrogen) atoms. The summed E-state index contributed by atoms with van der Waals surface area (Å²) in [6.07, 6.45) is 10.5. The predicted octanol–water partition coefficient (Wildman–Crippen LogP) is 5.65. The molecule has 0 bridgehead atoms. The maximum atomic E-state index is 14.0. The largest absolute Gasteiger partial charge is 0.393 e. The van der Waals surface area contributed by atoms with E-state index in [4.69, 9.17) is 0 Å². The molecule has 3 aliphatic carbocycles. The molecule has 3 saturated carbocycles. The highest BCUT2D eigenvalue weighted by Gasteiger charge is 2.50. The molecule has 7 atom stereocenters. The lowest BCUT2D eigenvalue weighted by molar-refractivity contribution is 0.00301. The lowest BCUT2D eigenvalue weighted by Crippen LogP contribution is -2.37. The van der Waals surface area contributed by atoms with Crippen LogP contribution in [0.15, 0.2) is 35.5 Å². The standard InChI is InChI=1S/C27H43FO3/c1-17(8-13-25(31)26(3,4)28)22-11-12-23-19(7-6-14-27(22,23)5)9-10-20-15-21(29)16-24(30)18(20)2/h9-10,17,21-25,29-31H,2,6-8,11-16H2,1,3-5H3/b19-9?,20-10-/t17-,21-,22-,23?,24-,25-,27-/m1/s1. The molecular formula is C27H43FO3. The van der Waals surface area contributed by atoms with Crippen LogP contribution in [0.2, 0.25) is 0 Å². The molecule has 0 radical (unpaired) electrons. The number of rotatable bonds is 6. The first-order valence-corrected chi connectivity index (χ1v) is 12.3. The topological polar surface area (TPSA) is 60.7 Å². The van der Waals surface area contributed by atoms with Gasteiger partial charge in [0.15, 0.2) is 0 Å². The Bertz CT molecular complexity index is 718. The van der Waals surface area contributed by atoms with Crippen LogP contribution < -0.4 is 0 Å². The second kappa shape index (κ2) is 9.49. The van der Waals surface area contributed by atoms with Crippen LogP contribution >= 0.6 is 0 Å². The average molecular weight is 435 g/mol. The molecule has 0 heterocycles. The Hall–Kier alpha value is -0.970. The summed E-state index contributed by atoms with van der Waals surface area (Å²) in [6, 6.07) is 0. The minimum absolute atomic E-state index is 0.251. The van der Waals surface area contributed by atoms with Gasteiger partial charge in [0.05, 0.1) is 18.3 Å². The fraction of sp³-hybridized carbons (Fsp3) is 0.778. The molecule has 3 nitrogen and oxygen atoms in total. The molecule has 3 N–H and O–H groups in total. The van der Waals surface area contributed by atoms with Crippen molar-refractivity contribution >= 4 is 0 Å². The summed E-state index contributed by atoms with van der Waals surface area (Å²) in [6.45, 7) is 11.7. The van der Waals surface area contributed by atoms with E-state index in [1.807, 2.05) is 0 Å². The van der Waals surface area contributed by atoms with Gasteiger partial charge in [-0.25, -0.2) is 4.39 Å². The second-order valence-electron chi connectivity index (χ2n) is 11.3. The number of alkyl halides is 1. The SMILES string of the molecule is C=C1/C(=C\C=C2CCC[C@@]3(C)C2CC[C@@H]3[C@H](C)CC[C@@H](O)C(C)(C)F)C[C@@H](O)C[C@H]1O. The van der Waals surface area contributed by atoms with Gasteiger partial charge in [-0.2, -0.15) is 0 Å². The van der Waals surface area contributed by atoms with Crippen LogP contribution in [-0.4, -0.2) is 39.3 Å². The average Bonchev–Trinajstić information content (AvgIpc) is 3.04. The van der Waals surface area contributed by atoms with Crippen LogP contribution in [0.4, 0.5) is 4.39 Å². The summed E-state index contributed by atoms with van der Waals surface area (Å²) in [4.78, 5) is 0. The fourth-order valence-electron chi connectivity index (χ4n) is 6.64. The maximum Gasteiger partial charge on any atom is 0.131 e. The van der Waals surface area contributed by atoms with Gasteiger partial charge in [-0.05, 0) is 99.5 Å². The van der Waals surface area contributed by atoms with E-state index >= 15 is 0 Å². The van der Waals surface area contributed by atoms with Crippen molar-refractivity contribution in [3.05, 3.63) is 35.5 Å². The van der Waals surface area contributed by atoms with Crippen LogP contribution in [0.25, 0.3) is 0 Å². The highest BCUT2D eigenvalue weighted by Crippen LogP contribution is 2.60. The number of allylic oxidation sites excluding steroid dienone is 3. The van der Waals surface area contributed by atoms with E-state index in [2.05, 4.69) is 32.6 Å². The number of aliphatic hydroxyl groups is 3. The van der Waals surface area contributed by atoms with Crippen LogP contribution in [0, 0.1) is 23.2 Å². The number of aliphatic hydroxyl groups excluding tert-OH is 3. The van der Waals surface area contributed by atoms with Crippen LogP contribution in [0.1, 0.15) is 85.5 Å². The minimum atomic E-state index is -1.54. The fourth-order valence-corrected chi connectivity index (χ4v) is 6.64. The number of hydrogen-bond donors (Lipinski definition) is 3. The third-order valence-corrected chi connectivity index (χ3v) is 8.68. The lowest BCUT2D eigenvalue weighted by atomic mass is 9.60. The van der Waals surface area contributed by atoms with Gasteiger partial charge in [-0.3, -0.25) is 0 Å². The van der Waals surface area contributed by atoms with E-state index in [1.165, 1.54) is 45.1 Å². The minimum Gasteiger partial charge on any atom is -0.393 e. The molecule has 0 aromatic heterocycles. The molecule has 3 fully saturated rings. The van der Waals surface area contributed by atoms with E-state index in [1.54, 1.807) is 0 Å². The zero-order valence-corrected chi connectivity index (χ0v) is 19.9. The number of fused-ring (bicyclic) bond motifs is 1. The Balaban J connectivity index is 1.71. The Morgan fingerprint density at radius 1 is 1.23 bits per heavy atom. The van der Waals surface area contributed by atoms with Crippen molar-refractivity contribution < 1.29 is 19.7 Å². The van der Waals surface area contributed by atoms with E-state index in [0.717, 1.165) is 24.0 Å². The van der Waals surface area contributed by atoms with Gasteiger partial charge < -0.3 is 15.3 Å². The van der Waals surface area contributed by atoms with Gasteiger partial charge in [-0.15, -0.1) is 0 Å². The van der Waals surface area contributed by atoms with E-state index in [0.29, 0.717) is 37.0 Å². The van der Waals surface area contributed by atoms with Crippen LogP contribution in [0.5, 0.6) is 0 Å². The molecule has 176 valence electrons. The molecule has 0 aromatic rings. The maximum absolute atomic E-state index is 14.0. The van der Waals surface area contributed by atoms with Crippen molar-refractivity contribution in [3.8, 4) is 0 Å². The van der Waals surface area contributed by atoms with Gasteiger partial charge >= 0.3 is 0 Å². The van der Waals surface area contributed by atoms with Crippen molar-refractivity contribution in [2.24, 2.45) is 23.2 Å². The summed E-state index contributed by atoms with van der Waals surface area (Å²) in [7, 11) is 0. The zero-order chi connectivity index (χ0) is 23.0. The Morgan fingerprint density at radius 2 is 1.94 bits per heavy atom. The van der Waals surface area contributed by atoms with E-state index in [-0.39, 0.29) is 5.41 Å². The molecule has 0 saturated heterocycles. The Kier molecular flexibility index (Phi) is 7.55. The molecule has 0 aromatic carbocycles. The van der Waals surface area contributed by atoms with E-state index < -0.39 is 24.0 Å². The van der Waals surface area contributed by atoms with Crippen LogP contribution in [-0.2, 0) is 0 Å². The van der Waals surface area contributed by atoms with Crippen LogP contribution in [0.3, 0.4) is 0 Å². The number of halogens is 1. The van der Waals surface area contributed by atoms with Gasteiger partial charge in [-0.1, -0.05) is 38.2 Å². The van der Waals surface area contributed by atoms with E-state index in [9.17, 15) is 19.7 Å². The molecule has 3 aliphatic rings. The first kappa shape index (κ1) is 24.7. The van der Waals surface area contributed by atoms with Crippen molar-refractivity contribution in [3.63, 3.8) is 0 Å². The summed E-state index contributed by atoms with van der Waals surface area (Å²) in [5, 5.41) is 30.3. The van der Waals surface area contributed by atoms with Gasteiger partial charge in [0.25, 0.3) is 0 Å². The Morgan fingerprint density at radius 3 is 2.61 bits per heavy atom. The first-order valence-electron chi connectivity index (χ1n) is 12.3. The summed E-state index contributed by atoms with van der Waals surface area (Å²) < 4.78 is 14.0. The molecule has 0 aliphatic heterocycles. The lowest BCUT2D eigenvalue weighted by Gasteiger charge is -2.44. The van der Waals surface area contributed by atoms with Crippen molar-refractivity contribution in [2.45, 2.75) is 109 Å². The second-order valence-corrected chi connectivity index (χ2v) is 11.3. The quantitative estimate of drug-likeness (QED) is 0.506. The summed E-state index contributed by atoms with van der Waals surface area (Å²) in [5.41, 5.74) is 1.91. The molecule has 4 heteroatoms. The first-order chi connectivity index (χ1) is 14.4. The number of hydrogen-bond acceptors (Lipinski definition) is 3. The van der Waals surface area contributed by atoms with Gasteiger partial charge in [0, 0.05) is 6.42 Å². The monoisotopic (exact) mass is 434 g/mol. The molecule has 0 amide bonds. The normalized spacial score (nSPS) is 39.0. The molecule has 3 rings (SSSR count). The van der Waals surface area contributed by atoms with Crippen molar-refractivity contribution in [2.75, 3.05) is 0 Å². The van der Waals surface area contributed by atoms with Gasteiger partial charge in [0.1, 0.15) is 5.67 Å². The molecule has 0 spiro atoms. The smallest absolute Gasteiger partial charge is 0.131 e. The van der Waals surface area contributed by atoms with Crippen molar-refractivity contribution in [1.29, 1.82) is 0 Å². The highest BCUT2D eigenvalue weighted by molar-refractivity contribution is 5.38. The highest BCUT2D eigenvalue weighted by atomic mass is 19.1. The van der Waals surface area contributed by atoms with Gasteiger partial charge in [0.2, 0.25) is 0 Å². The predicted molar refractivity (Wildman–Crippen MR) is 124 cm³/mol. The zero-order valence-electron chi connectivity index (χ0n) is 19.9. The Labute approximate surface area is 188 Å². The summed E-state index contributed by atoms with van der Waals surface area (Å²) in [5.74, 6) is 1.62. The molecule has 1 unspecified atom stereocenters. The third-order valence-electron chi connectivity index (χ3n) is 8.68.